The van der Waals surface area contributed by atoms with Crippen LogP contribution in [-0.2, 0) is 11.2 Å². The van der Waals surface area contributed by atoms with Gasteiger partial charge in [0.1, 0.15) is 5.78 Å². The Labute approximate surface area is 90.7 Å². The maximum atomic E-state index is 10.9. The van der Waals surface area contributed by atoms with E-state index in [9.17, 15) is 19.7 Å². The van der Waals surface area contributed by atoms with Crippen molar-refractivity contribution in [3.05, 3.63) is 39.4 Å². The van der Waals surface area contributed by atoms with Crippen molar-refractivity contribution in [2.24, 2.45) is 0 Å². The smallest absolute Gasteiger partial charge is 0.336 e. The lowest BCUT2D eigenvalue weighted by Gasteiger charge is -2.03. The van der Waals surface area contributed by atoms with Crippen molar-refractivity contribution in [3.63, 3.8) is 0 Å². The van der Waals surface area contributed by atoms with Crippen molar-refractivity contribution < 1.29 is 19.6 Å². The second-order valence-corrected chi connectivity index (χ2v) is 3.28. The zero-order valence-electron chi connectivity index (χ0n) is 8.47. The Bertz CT molecular complexity index is 466. The van der Waals surface area contributed by atoms with Gasteiger partial charge in [-0.3, -0.25) is 14.9 Å². The summed E-state index contributed by atoms with van der Waals surface area (Å²) in [6, 6.07) is 3.44. The van der Waals surface area contributed by atoms with E-state index in [1.807, 2.05) is 0 Å². The van der Waals surface area contributed by atoms with Crippen LogP contribution in [0.25, 0.3) is 0 Å². The minimum atomic E-state index is -1.28. The Kier molecular flexibility index (Phi) is 3.34. The highest BCUT2D eigenvalue weighted by Gasteiger charge is 2.16. The first-order chi connectivity index (χ1) is 7.41. The van der Waals surface area contributed by atoms with E-state index in [1.54, 1.807) is 0 Å². The minimum Gasteiger partial charge on any atom is -0.478 e. The molecule has 0 unspecified atom stereocenters. The van der Waals surface area contributed by atoms with Gasteiger partial charge in [-0.15, -0.1) is 0 Å². The average Bonchev–Trinajstić information content (AvgIpc) is 2.16. The molecule has 0 aliphatic carbocycles. The van der Waals surface area contributed by atoms with Crippen LogP contribution in [0.1, 0.15) is 22.8 Å². The summed E-state index contributed by atoms with van der Waals surface area (Å²) < 4.78 is 0. The van der Waals surface area contributed by atoms with Crippen LogP contribution in [0.3, 0.4) is 0 Å². The Hall–Kier alpha value is -2.24. The van der Waals surface area contributed by atoms with E-state index in [4.69, 9.17) is 5.11 Å². The molecule has 84 valence electrons. The van der Waals surface area contributed by atoms with Crippen molar-refractivity contribution in [1.82, 2.24) is 0 Å². The van der Waals surface area contributed by atoms with Gasteiger partial charge < -0.3 is 5.11 Å². The number of non-ortho nitro benzene ring substituents is 1. The molecule has 0 aliphatic heterocycles. The molecule has 1 rings (SSSR count). The number of ketones is 1. The molecule has 0 aromatic heterocycles. The van der Waals surface area contributed by atoms with Gasteiger partial charge in [0.15, 0.2) is 0 Å². The number of nitro benzene ring substituents is 1. The molecule has 0 fully saturated rings. The maximum Gasteiger partial charge on any atom is 0.336 e. The van der Waals surface area contributed by atoms with Gasteiger partial charge in [-0.2, -0.15) is 0 Å². The second-order valence-electron chi connectivity index (χ2n) is 3.28. The molecule has 0 saturated heterocycles. The Morgan fingerprint density at radius 3 is 2.50 bits per heavy atom. The SMILES string of the molecule is CC(=O)Cc1ccc([N+](=O)[O-])cc1C(=O)O. The molecule has 0 heterocycles. The fourth-order valence-corrected chi connectivity index (χ4v) is 1.30. The van der Waals surface area contributed by atoms with Crippen molar-refractivity contribution in [1.29, 1.82) is 0 Å². The van der Waals surface area contributed by atoms with Crippen molar-refractivity contribution in [2.45, 2.75) is 13.3 Å². The van der Waals surface area contributed by atoms with Gasteiger partial charge in [-0.25, -0.2) is 4.79 Å². The van der Waals surface area contributed by atoms with Crippen molar-refractivity contribution in [2.75, 3.05) is 0 Å². The van der Waals surface area contributed by atoms with Gasteiger partial charge in [-0.1, -0.05) is 6.07 Å². The number of carboxylic acids is 1. The lowest BCUT2D eigenvalue weighted by molar-refractivity contribution is -0.384. The fourth-order valence-electron chi connectivity index (χ4n) is 1.30. The number of nitro groups is 1. The molecule has 0 aliphatic rings. The Balaban J connectivity index is 3.24. The molecular weight excluding hydrogens is 214 g/mol. The Morgan fingerprint density at radius 1 is 1.44 bits per heavy atom. The fraction of sp³-hybridized carbons (Fsp3) is 0.200. The highest BCUT2D eigenvalue weighted by molar-refractivity contribution is 5.92. The quantitative estimate of drug-likeness (QED) is 0.614. The minimum absolute atomic E-state index is 0.0420. The van der Waals surface area contributed by atoms with Crippen LogP contribution < -0.4 is 0 Å². The summed E-state index contributed by atoms with van der Waals surface area (Å²) in [5.41, 5.74) is -0.222. The van der Waals surface area contributed by atoms with Crippen LogP contribution in [-0.4, -0.2) is 21.8 Å². The number of carbonyl (C=O) groups excluding carboxylic acids is 1. The molecule has 0 bridgehead atoms. The van der Waals surface area contributed by atoms with Gasteiger partial charge in [-0.05, 0) is 12.5 Å². The number of hydrogen-bond donors (Lipinski definition) is 1. The van der Waals surface area contributed by atoms with E-state index in [0.29, 0.717) is 0 Å². The van der Waals surface area contributed by atoms with Gasteiger partial charge in [0.05, 0.1) is 10.5 Å². The molecule has 16 heavy (non-hydrogen) atoms. The normalized spacial score (nSPS) is 9.81. The van der Waals surface area contributed by atoms with Crippen LogP contribution in [0, 0.1) is 10.1 Å². The number of hydrogen-bond acceptors (Lipinski definition) is 4. The van der Waals surface area contributed by atoms with E-state index in [0.717, 1.165) is 6.07 Å². The predicted molar refractivity (Wildman–Crippen MR) is 54.4 cm³/mol. The van der Waals surface area contributed by atoms with Gasteiger partial charge in [0, 0.05) is 18.6 Å². The molecule has 6 heteroatoms. The van der Waals surface area contributed by atoms with E-state index in [2.05, 4.69) is 0 Å². The molecule has 0 atom stereocenters. The summed E-state index contributed by atoms with van der Waals surface area (Å²) in [6.45, 7) is 1.33. The van der Waals surface area contributed by atoms with Crippen LogP contribution in [0.4, 0.5) is 5.69 Å². The predicted octanol–water partition coefficient (Wildman–Crippen LogP) is 1.42. The number of benzene rings is 1. The third-order valence-electron chi connectivity index (χ3n) is 1.97. The molecule has 1 aromatic rings. The third-order valence-corrected chi connectivity index (χ3v) is 1.97. The number of carbonyl (C=O) groups is 2. The number of aromatic carboxylic acids is 1. The third kappa shape index (κ3) is 2.63. The summed E-state index contributed by atoms with van der Waals surface area (Å²) in [7, 11) is 0. The maximum absolute atomic E-state index is 10.9. The number of carboxylic acid groups (broad SMARTS) is 1. The first-order valence-corrected chi connectivity index (χ1v) is 4.42. The molecular formula is C10H9NO5. The van der Waals surface area contributed by atoms with E-state index < -0.39 is 10.9 Å². The number of rotatable bonds is 4. The lowest BCUT2D eigenvalue weighted by Crippen LogP contribution is -2.07. The molecule has 1 aromatic carbocycles. The summed E-state index contributed by atoms with van der Waals surface area (Å²) in [5, 5.41) is 19.3. The number of nitrogens with zero attached hydrogens (tertiary/aromatic N) is 1. The molecule has 0 saturated carbocycles. The molecule has 0 radical (unpaired) electrons. The topological polar surface area (TPSA) is 97.5 Å². The molecule has 0 spiro atoms. The zero-order valence-corrected chi connectivity index (χ0v) is 8.47. The second kappa shape index (κ2) is 4.52. The van der Waals surface area contributed by atoms with Gasteiger partial charge >= 0.3 is 5.97 Å². The van der Waals surface area contributed by atoms with E-state index in [-0.39, 0.29) is 29.0 Å². The highest BCUT2D eigenvalue weighted by atomic mass is 16.6. The summed E-state index contributed by atoms with van der Waals surface area (Å²) in [6.07, 6.45) is -0.0420. The Morgan fingerprint density at radius 2 is 2.06 bits per heavy atom. The highest BCUT2D eigenvalue weighted by Crippen LogP contribution is 2.18. The average molecular weight is 223 g/mol. The van der Waals surface area contributed by atoms with Crippen LogP contribution in [0.5, 0.6) is 0 Å². The first-order valence-electron chi connectivity index (χ1n) is 4.42. The zero-order chi connectivity index (χ0) is 12.3. The van der Waals surface area contributed by atoms with Crippen molar-refractivity contribution >= 4 is 17.4 Å². The van der Waals surface area contributed by atoms with E-state index >= 15 is 0 Å². The van der Waals surface area contributed by atoms with Crippen LogP contribution >= 0.6 is 0 Å². The summed E-state index contributed by atoms with van der Waals surface area (Å²) in [5.74, 6) is -1.48. The lowest BCUT2D eigenvalue weighted by atomic mass is 10.0. The van der Waals surface area contributed by atoms with Crippen LogP contribution in [0.15, 0.2) is 18.2 Å². The summed E-state index contributed by atoms with van der Waals surface area (Å²) >= 11 is 0. The summed E-state index contributed by atoms with van der Waals surface area (Å²) in [4.78, 5) is 31.5. The van der Waals surface area contributed by atoms with E-state index in [1.165, 1.54) is 19.1 Å². The van der Waals surface area contributed by atoms with Gasteiger partial charge in [0.25, 0.3) is 5.69 Å². The molecule has 0 amide bonds. The largest absolute Gasteiger partial charge is 0.478 e. The van der Waals surface area contributed by atoms with Crippen molar-refractivity contribution in [3.8, 4) is 0 Å². The molecule has 6 nitrogen and oxygen atoms in total. The number of Topliss-reactive ketones (excluding diaryl/α,β-unsaturated/α-hetero) is 1. The van der Waals surface area contributed by atoms with Gasteiger partial charge in [0.2, 0.25) is 0 Å². The molecule has 1 N–H and O–H groups in total. The van der Waals surface area contributed by atoms with Crippen LogP contribution in [0.2, 0.25) is 0 Å². The standard InChI is InChI=1S/C10H9NO5/c1-6(12)4-7-2-3-8(11(15)16)5-9(7)10(13)14/h2-3,5H,4H2,1H3,(H,13,14). The monoisotopic (exact) mass is 223 g/mol. The first kappa shape index (κ1) is 11.8.